The van der Waals surface area contributed by atoms with E-state index in [1.807, 2.05) is 45.8 Å². The van der Waals surface area contributed by atoms with Gasteiger partial charge in [-0.05, 0) is 70.1 Å². The van der Waals surface area contributed by atoms with Crippen molar-refractivity contribution < 1.29 is 30.7 Å². The average Bonchev–Trinajstić information content (AvgIpc) is 2.47. The van der Waals surface area contributed by atoms with Crippen molar-refractivity contribution in [3.8, 4) is 5.75 Å². The summed E-state index contributed by atoms with van der Waals surface area (Å²) >= 11 is 5.83. The summed E-state index contributed by atoms with van der Waals surface area (Å²) in [7, 11) is -10.2. The van der Waals surface area contributed by atoms with Crippen LogP contribution in [0.3, 0.4) is 0 Å². The summed E-state index contributed by atoms with van der Waals surface area (Å²) in [6.07, 6.45) is 0.0530. The summed E-state index contributed by atoms with van der Waals surface area (Å²) < 4.78 is 36.1. The van der Waals surface area contributed by atoms with Crippen LogP contribution < -0.4 is 4.74 Å². The number of hydrogen-bond acceptors (Lipinski definition) is 7. The van der Waals surface area contributed by atoms with Crippen LogP contribution in [0.15, 0.2) is 24.3 Å². The standard InChI is InChI=1S/C16H29ClO7Si4/c1-25(2)21-26(3,4)23-28(7,24-27(5,6)22-25)13-20-16(18)12-19-15-10-8-14(17)9-11-15/h8-11H,12-13H2,1-7H3. The third-order valence-electron chi connectivity index (χ3n) is 3.57. The number of hydrogen-bond donors (Lipinski definition) is 0. The van der Waals surface area contributed by atoms with Crippen molar-refractivity contribution >= 4 is 51.8 Å². The fourth-order valence-corrected chi connectivity index (χ4v) is 24.3. The van der Waals surface area contributed by atoms with Crippen molar-refractivity contribution in [2.45, 2.75) is 45.8 Å². The van der Waals surface area contributed by atoms with Crippen LogP contribution >= 0.6 is 11.6 Å². The molecule has 0 radical (unpaired) electrons. The molecule has 0 spiro atoms. The quantitative estimate of drug-likeness (QED) is 0.464. The van der Waals surface area contributed by atoms with Crippen LogP contribution in [-0.4, -0.2) is 53.1 Å². The highest BCUT2D eigenvalue weighted by atomic mass is 35.5. The molecule has 1 heterocycles. The van der Waals surface area contributed by atoms with Gasteiger partial charge in [0.05, 0.1) is 0 Å². The van der Waals surface area contributed by atoms with Crippen molar-refractivity contribution in [1.29, 1.82) is 0 Å². The van der Waals surface area contributed by atoms with Gasteiger partial charge in [-0.2, -0.15) is 0 Å². The minimum atomic E-state index is -2.85. The summed E-state index contributed by atoms with van der Waals surface area (Å²) in [6, 6.07) is 6.76. The number of carbonyl (C=O) groups is 1. The molecular formula is C16H29ClO7Si4. The van der Waals surface area contributed by atoms with E-state index in [9.17, 15) is 4.79 Å². The van der Waals surface area contributed by atoms with Crippen molar-refractivity contribution in [1.82, 2.24) is 0 Å². The molecule has 1 aliphatic heterocycles. The van der Waals surface area contributed by atoms with Crippen molar-refractivity contribution in [2.75, 3.05) is 12.8 Å². The third-order valence-corrected chi connectivity index (χ3v) is 19.7. The molecule has 1 aromatic rings. The highest BCUT2D eigenvalue weighted by Gasteiger charge is 2.53. The Balaban J connectivity index is 1.97. The van der Waals surface area contributed by atoms with Gasteiger partial charge in [0, 0.05) is 5.02 Å². The first-order valence-electron chi connectivity index (χ1n) is 9.04. The Morgan fingerprint density at radius 1 is 0.857 bits per heavy atom. The molecule has 28 heavy (non-hydrogen) atoms. The Kier molecular flexibility index (Phi) is 7.38. The predicted octanol–water partition coefficient (Wildman–Crippen LogP) is 4.06. The first kappa shape index (κ1) is 23.8. The van der Waals surface area contributed by atoms with Gasteiger partial charge in [0.15, 0.2) is 6.61 Å². The summed E-state index contributed by atoms with van der Waals surface area (Å²) in [5, 5.41) is 0.599. The Bertz CT molecular complexity index is 675. The van der Waals surface area contributed by atoms with E-state index in [0.29, 0.717) is 10.8 Å². The zero-order valence-electron chi connectivity index (χ0n) is 17.5. The zero-order chi connectivity index (χ0) is 21.2. The van der Waals surface area contributed by atoms with Gasteiger partial charge in [-0.15, -0.1) is 0 Å². The minimum Gasteiger partial charge on any atom is -0.482 e. The van der Waals surface area contributed by atoms with Crippen molar-refractivity contribution in [3.05, 3.63) is 29.3 Å². The molecule has 1 aliphatic rings. The lowest BCUT2D eigenvalue weighted by atomic mass is 10.3. The predicted molar refractivity (Wildman–Crippen MR) is 116 cm³/mol. The minimum absolute atomic E-state index is 0.0530. The van der Waals surface area contributed by atoms with E-state index in [1.54, 1.807) is 24.3 Å². The van der Waals surface area contributed by atoms with Crippen molar-refractivity contribution in [3.63, 3.8) is 0 Å². The van der Waals surface area contributed by atoms with E-state index in [0.717, 1.165) is 0 Å². The molecule has 158 valence electrons. The number of benzene rings is 1. The lowest BCUT2D eigenvalue weighted by molar-refractivity contribution is -0.144. The van der Waals surface area contributed by atoms with E-state index in [-0.39, 0.29) is 12.8 Å². The fourth-order valence-electron chi connectivity index (χ4n) is 3.29. The second-order valence-electron chi connectivity index (χ2n) is 8.14. The molecule has 0 bridgehead atoms. The van der Waals surface area contributed by atoms with Crippen LogP contribution in [0, 0.1) is 0 Å². The second-order valence-corrected chi connectivity index (χ2v) is 22.8. The average molecular weight is 481 g/mol. The second kappa shape index (κ2) is 8.69. The molecule has 1 aromatic carbocycles. The molecule has 1 saturated heterocycles. The summed E-state index contributed by atoms with van der Waals surface area (Å²) in [4.78, 5) is 12.2. The summed E-state index contributed by atoms with van der Waals surface area (Å²) in [5.41, 5.74) is 0. The van der Waals surface area contributed by atoms with Gasteiger partial charge in [-0.25, -0.2) is 4.79 Å². The largest absolute Gasteiger partial charge is 0.482 e. The Hall–Kier alpha value is -0.512. The van der Waals surface area contributed by atoms with Gasteiger partial charge in [-0.1, -0.05) is 11.6 Å². The fraction of sp³-hybridized carbons (Fsp3) is 0.562. The molecule has 1 fully saturated rings. The third kappa shape index (κ3) is 7.72. The first-order chi connectivity index (χ1) is 12.7. The van der Waals surface area contributed by atoms with E-state index in [1.165, 1.54) is 0 Å². The molecule has 0 N–H and O–H groups in total. The molecule has 0 aromatic heterocycles. The van der Waals surface area contributed by atoms with E-state index >= 15 is 0 Å². The van der Waals surface area contributed by atoms with Crippen LogP contribution in [0.5, 0.6) is 5.75 Å². The Morgan fingerprint density at radius 3 is 1.82 bits per heavy atom. The molecule has 2 rings (SSSR count). The molecule has 0 aliphatic carbocycles. The molecule has 0 amide bonds. The van der Waals surface area contributed by atoms with Gasteiger partial charge >= 0.3 is 40.2 Å². The number of esters is 1. The van der Waals surface area contributed by atoms with E-state index < -0.39 is 40.2 Å². The highest BCUT2D eigenvalue weighted by molar-refractivity contribution is 6.93. The van der Waals surface area contributed by atoms with Gasteiger partial charge < -0.3 is 25.9 Å². The molecule has 7 nitrogen and oxygen atoms in total. The smallest absolute Gasteiger partial charge is 0.356 e. The van der Waals surface area contributed by atoms with Gasteiger partial charge in [0.25, 0.3) is 0 Å². The van der Waals surface area contributed by atoms with Gasteiger partial charge in [-0.3, -0.25) is 0 Å². The lowest BCUT2D eigenvalue weighted by Crippen LogP contribution is -2.66. The maximum atomic E-state index is 12.2. The normalized spacial score (nSPS) is 22.6. The van der Waals surface area contributed by atoms with Crippen LogP contribution in [-0.2, 0) is 26.0 Å². The SMILES string of the molecule is C[Si]1(C)O[Si](C)(C)O[Si](C)(COC(=O)COc2ccc(Cl)cc2)O[Si](C)(C)O1. The van der Waals surface area contributed by atoms with Crippen molar-refractivity contribution in [2.24, 2.45) is 0 Å². The molecule has 0 atom stereocenters. The zero-order valence-corrected chi connectivity index (χ0v) is 22.2. The number of carbonyl (C=O) groups excluding carboxylic acids is 1. The van der Waals surface area contributed by atoms with Gasteiger partial charge in [0.1, 0.15) is 12.0 Å². The lowest BCUT2D eigenvalue weighted by Gasteiger charge is -2.47. The Labute approximate surface area is 176 Å². The monoisotopic (exact) mass is 480 g/mol. The van der Waals surface area contributed by atoms with Crippen LogP contribution in [0.2, 0.25) is 50.9 Å². The molecule has 0 saturated carbocycles. The number of halogens is 1. The molecule has 0 unspecified atom stereocenters. The number of ether oxygens (including phenoxy) is 2. The van der Waals surface area contributed by atoms with E-state index in [4.69, 9.17) is 37.5 Å². The maximum Gasteiger partial charge on any atom is 0.356 e. The Morgan fingerprint density at radius 2 is 1.32 bits per heavy atom. The van der Waals surface area contributed by atoms with Crippen LogP contribution in [0.4, 0.5) is 0 Å². The van der Waals surface area contributed by atoms with Crippen LogP contribution in [0.25, 0.3) is 0 Å². The maximum absolute atomic E-state index is 12.2. The molecular weight excluding hydrogens is 452 g/mol. The van der Waals surface area contributed by atoms with Crippen LogP contribution in [0.1, 0.15) is 0 Å². The first-order valence-corrected chi connectivity index (χ1v) is 20.4. The van der Waals surface area contributed by atoms with E-state index in [2.05, 4.69) is 0 Å². The number of rotatable bonds is 5. The summed E-state index contributed by atoms with van der Waals surface area (Å²) in [5.74, 6) is 0.0488. The van der Waals surface area contributed by atoms with Gasteiger partial charge in [0.2, 0.25) is 0 Å². The topological polar surface area (TPSA) is 72.5 Å². The molecule has 12 heteroatoms. The highest BCUT2D eigenvalue weighted by Crippen LogP contribution is 2.30. The summed E-state index contributed by atoms with van der Waals surface area (Å²) in [6.45, 7) is 13.5.